The molecule has 2 aromatic rings. The number of hydrogen-bond donors (Lipinski definition) is 2. The zero-order valence-corrected chi connectivity index (χ0v) is 17.0. The predicted molar refractivity (Wildman–Crippen MR) is 112 cm³/mol. The molecule has 2 amide bonds. The number of piperidine rings is 1. The predicted octanol–water partition coefficient (Wildman–Crippen LogP) is 2.45. The molecule has 2 aliphatic heterocycles. The second-order valence-corrected chi connectivity index (χ2v) is 7.63. The molecule has 0 spiro atoms. The average Bonchev–Trinajstić information content (AvgIpc) is 3.25. The lowest BCUT2D eigenvalue weighted by molar-refractivity contribution is -0.120. The van der Waals surface area contributed by atoms with Gasteiger partial charge in [-0.15, -0.1) is 0 Å². The summed E-state index contributed by atoms with van der Waals surface area (Å²) in [6.07, 6.45) is 3.82. The van der Waals surface area contributed by atoms with Crippen molar-refractivity contribution in [2.75, 3.05) is 26.4 Å². The third kappa shape index (κ3) is 5.10. The summed E-state index contributed by atoms with van der Waals surface area (Å²) < 4.78 is 10.5. The maximum absolute atomic E-state index is 12.3. The van der Waals surface area contributed by atoms with Gasteiger partial charge in [-0.2, -0.15) is 0 Å². The molecule has 0 radical (unpaired) electrons. The van der Waals surface area contributed by atoms with E-state index in [9.17, 15) is 9.59 Å². The minimum Gasteiger partial charge on any atom is -0.454 e. The number of fused-ring (bicyclic) bond motifs is 1. The van der Waals surface area contributed by atoms with Crippen molar-refractivity contribution in [3.8, 4) is 11.5 Å². The van der Waals surface area contributed by atoms with Crippen LogP contribution in [0.2, 0.25) is 0 Å². The Morgan fingerprint density at radius 3 is 2.50 bits per heavy atom. The minimum atomic E-state index is -0.325. The van der Waals surface area contributed by atoms with E-state index in [4.69, 9.17) is 9.47 Å². The molecule has 0 aliphatic carbocycles. The summed E-state index contributed by atoms with van der Waals surface area (Å²) in [6, 6.07) is 13.2. The molecule has 4 rings (SSSR count). The van der Waals surface area contributed by atoms with Gasteiger partial charge in [0.15, 0.2) is 11.5 Å². The van der Waals surface area contributed by atoms with Gasteiger partial charge in [-0.3, -0.25) is 14.5 Å². The second-order valence-electron chi connectivity index (χ2n) is 7.63. The number of benzene rings is 2. The number of nitrogens with one attached hydrogen (secondary N) is 2. The van der Waals surface area contributed by atoms with Crippen LogP contribution in [-0.2, 0) is 17.9 Å². The molecule has 0 aromatic heterocycles. The molecule has 7 nitrogen and oxygen atoms in total. The molecule has 0 atom stereocenters. The molecule has 30 heavy (non-hydrogen) atoms. The second kappa shape index (κ2) is 9.63. The van der Waals surface area contributed by atoms with Crippen molar-refractivity contribution in [3.05, 3.63) is 59.2 Å². The van der Waals surface area contributed by atoms with Gasteiger partial charge >= 0.3 is 0 Å². The van der Waals surface area contributed by atoms with Crippen molar-refractivity contribution in [1.29, 1.82) is 0 Å². The van der Waals surface area contributed by atoms with Crippen molar-refractivity contribution >= 4 is 11.8 Å². The van der Waals surface area contributed by atoms with E-state index in [0.717, 1.165) is 25.2 Å². The van der Waals surface area contributed by atoms with E-state index in [1.807, 2.05) is 18.2 Å². The van der Waals surface area contributed by atoms with Gasteiger partial charge in [0.25, 0.3) is 5.91 Å². The Hall–Kier alpha value is -3.06. The van der Waals surface area contributed by atoms with Gasteiger partial charge in [-0.25, -0.2) is 0 Å². The van der Waals surface area contributed by atoms with Gasteiger partial charge in [0.05, 0.1) is 6.54 Å². The van der Waals surface area contributed by atoms with Crippen LogP contribution in [0.1, 0.15) is 40.7 Å². The smallest absolute Gasteiger partial charge is 0.251 e. The van der Waals surface area contributed by atoms with E-state index >= 15 is 0 Å². The van der Waals surface area contributed by atoms with Crippen molar-refractivity contribution in [2.24, 2.45) is 0 Å². The molecule has 1 fully saturated rings. The normalized spacial score (nSPS) is 15.6. The number of hydrogen-bond acceptors (Lipinski definition) is 5. The maximum Gasteiger partial charge on any atom is 0.251 e. The van der Waals surface area contributed by atoms with E-state index < -0.39 is 0 Å². The lowest BCUT2D eigenvalue weighted by Gasteiger charge is -2.27. The minimum absolute atomic E-state index is 0.0818. The SMILES string of the molecule is O=C(CNC(=O)c1ccc2c(c1)OCO2)NCc1ccccc1CN1CCCCC1. The highest BCUT2D eigenvalue weighted by molar-refractivity contribution is 5.97. The number of rotatable bonds is 7. The van der Waals surface area contributed by atoms with Gasteiger partial charge in [0.1, 0.15) is 0 Å². The summed E-state index contributed by atoms with van der Waals surface area (Å²) in [5.74, 6) is 0.607. The van der Waals surface area contributed by atoms with Crippen molar-refractivity contribution < 1.29 is 19.1 Å². The molecular formula is C23H27N3O4. The van der Waals surface area contributed by atoms with Crippen LogP contribution in [-0.4, -0.2) is 43.1 Å². The largest absolute Gasteiger partial charge is 0.454 e. The van der Waals surface area contributed by atoms with E-state index in [-0.39, 0.29) is 25.2 Å². The van der Waals surface area contributed by atoms with E-state index in [0.29, 0.717) is 23.6 Å². The number of nitrogens with zero attached hydrogens (tertiary/aromatic N) is 1. The van der Waals surface area contributed by atoms with Crippen LogP contribution < -0.4 is 20.1 Å². The van der Waals surface area contributed by atoms with Gasteiger partial charge in [0, 0.05) is 18.7 Å². The first kappa shape index (κ1) is 20.2. The summed E-state index contributed by atoms with van der Waals surface area (Å²) in [7, 11) is 0. The van der Waals surface area contributed by atoms with Crippen LogP contribution in [0, 0.1) is 0 Å². The van der Waals surface area contributed by atoms with Gasteiger partial charge < -0.3 is 20.1 Å². The average molecular weight is 409 g/mol. The van der Waals surface area contributed by atoms with Crippen molar-refractivity contribution in [3.63, 3.8) is 0 Å². The fourth-order valence-electron chi connectivity index (χ4n) is 3.80. The number of likely N-dealkylation sites (tertiary alicyclic amines) is 1. The molecule has 2 N–H and O–H groups in total. The van der Waals surface area contributed by atoms with Gasteiger partial charge in [0.2, 0.25) is 12.7 Å². The van der Waals surface area contributed by atoms with Crippen LogP contribution in [0.5, 0.6) is 11.5 Å². The number of carbonyl (C=O) groups excluding carboxylic acids is 2. The lowest BCUT2D eigenvalue weighted by atomic mass is 10.0. The van der Waals surface area contributed by atoms with Gasteiger partial charge in [-0.1, -0.05) is 30.7 Å². The molecule has 0 bridgehead atoms. The highest BCUT2D eigenvalue weighted by Gasteiger charge is 2.17. The van der Waals surface area contributed by atoms with Crippen LogP contribution >= 0.6 is 0 Å². The molecule has 2 aliphatic rings. The van der Waals surface area contributed by atoms with E-state index in [2.05, 4.69) is 21.6 Å². The standard InChI is InChI=1S/C23H27N3O4/c27-22(14-25-23(28)17-8-9-20-21(12-17)30-16-29-20)24-13-18-6-2-3-7-19(18)15-26-10-4-1-5-11-26/h2-3,6-9,12H,1,4-5,10-11,13-16H2,(H,24,27)(H,25,28). The first-order chi connectivity index (χ1) is 14.7. The Labute approximate surface area is 176 Å². The molecule has 2 aromatic carbocycles. The molecular weight excluding hydrogens is 382 g/mol. The Morgan fingerprint density at radius 1 is 0.900 bits per heavy atom. The number of ether oxygens (including phenoxy) is 2. The van der Waals surface area contributed by atoms with Crippen LogP contribution in [0.4, 0.5) is 0 Å². The van der Waals surface area contributed by atoms with E-state index in [1.165, 1.54) is 24.8 Å². The lowest BCUT2D eigenvalue weighted by Crippen LogP contribution is -2.37. The Bertz CT molecular complexity index is 909. The van der Waals surface area contributed by atoms with Crippen molar-refractivity contribution in [2.45, 2.75) is 32.4 Å². The first-order valence-corrected chi connectivity index (χ1v) is 10.4. The monoisotopic (exact) mass is 409 g/mol. The van der Waals surface area contributed by atoms with Crippen LogP contribution in [0.25, 0.3) is 0 Å². The Kier molecular flexibility index (Phi) is 6.49. The zero-order valence-electron chi connectivity index (χ0n) is 17.0. The Morgan fingerprint density at radius 2 is 1.67 bits per heavy atom. The summed E-state index contributed by atoms with van der Waals surface area (Å²) in [5.41, 5.74) is 2.78. The third-order valence-electron chi connectivity index (χ3n) is 5.48. The first-order valence-electron chi connectivity index (χ1n) is 10.4. The summed E-state index contributed by atoms with van der Waals surface area (Å²) >= 11 is 0. The molecule has 158 valence electrons. The summed E-state index contributed by atoms with van der Waals surface area (Å²) in [5, 5.41) is 5.56. The van der Waals surface area contributed by atoms with Crippen LogP contribution in [0.15, 0.2) is 42.5 Å². The quantitative estimate of drug-likeness (QED) is 0.734. The fraction of sp³-hybridized carbons (Fsp3) is 0.391. The zero-order chi connectivity index (χ0) is 20.8. The topological polar surface area (TPSA) is 79.9 Å². The molecule has 2 heterocycles. The molecule has 1 saturated heterocycles. The summed E-state index contributed by atoms with van der Waals surface area (Å²) in [4.78, 5) is 27.0. The third-order valence-corrected chi connectivity index (χ3v) is 5.48. The Balaban J connectivity index is 1.26. The highest BCUT2D eigenvalue weighted by atomic mass is 16.7. The van der Waals surface area contributed by atoms with Gasteiger partial charge in [-0.05, 0) is 55.3 Å². The molecule has 0 saturated carbocycles. The molecule has 7 heteroatoms. The highest BCUT2D eigenvalue weighted by Crippen LogP contribution is 2.32. The van der Waals surface area contributed by atoms with E-state index in [1.54, 1.807) is 18.2 Å². The molecule has 0 unspecified atom stereocenters. The number of amides is 2. The summed E-state index contributed by atoms with van der Waals surface area (Å²) in [6.45, 7) is 3.69. The van der Waals surface area contributed by atoms with Crippen molar-refractivity contribution in [1.82, 2.24) is 15.5 Å². The fourth-order valence-corrected chi connectivity index (χ4v) is 3.80. The van der Waals surface area contributed by atoms with Crippen LogP contribution in [0.3, 0.4) is 0 Å². The number of carbonyl (C=O) groups is 2. The maximum atomic E-state index is 12.3.